The fourth-order valence-corrected chi connectivity index (χ4v) is 4.16. The van der Waals surface area contributed by atoms with Crippen molar-refractivity contribution in [1.82, 2.24) is 10.6 Å². The molecule has 1 saturated heterocycles. The Morgan fingerprint density at radius 2 is 2.10 bits per heavy atom. The van der Waals surface area contributed by atoms with Crippen LogP contribution in [0, 0.1) is 5.41 Å². The molecule has 2 aliphatic rings. The second kappa shape index (κ2) is 5.78. The fourth-order valence-electron chi connectivity index (χ4n) is 3.03. The van der Waals surface area contributed by atoms with Crippen LogP contribution in [0.4, 0.5) is 0 Å². The lowest BCUT2D eigenvalue weighted by Crippen LogP contribution is -2.47. The molecule has 4 heteroatoms. The third-order valence-electron chi connectivity index (χ3n) is 4.52. The third-order valence-corrected chi connectivity index (χ3v) is 5.64. The SMILES string of the molecule is CC1(C(=O)NC2CCSc3ccccc32)CCNCC1. The number of hydrogen-bond acceptors (Lipinski definition) is 3. The smallest absolute Gasteiger partial charge is 0.226 e. The van der Waals surface area contributed by atoms with Crippen LogP contribution < -0.4 is 10.6 Å². The van der Waals surface area contributed by atoms with E-state index in [-0.39, 0.29) is 17.4 Å². The molecule has 0 saturated carbocycles. The monoisotopic (exact) mass is 290 g/mol. The highest BCUT2D eigenvalue weighted by atomic mass is 32.2. The first kappa shape index (κ1) is 14.0. The standard InChI is InChI=1S/C16H22N2OS/c1-16(7-9-17-10-8-16)15(19)18-13-6-11-20-14-5-3-2-4-12(13)14/h2-5,13,17H,6-11H2,1H3,(H,18,19). The molecule has 0 aromatic heterocycles. The Hall–Kier alpha value is -1.00. The molecule has 0 aliphatic carbocycles. The maximum atomic E-state index is 12.7. The molecular weight excluding hydrogens is 268 g/mol. The number of amides is 1. The van der Waals surface area contributed by atoms with E-state index >= 15 is 0 Å². The van der Waals surface area contributed by atoms with E-state index < -0.39 is 0 Å². The number of piperidine rings is 1. The molecule has 1 fully saturated rings. The van der Waals surface area contributed by atoms with Crippen LogP contribution >= 0.6 is 11.8 Å². The fraction of sp³-hybridized carbons (Fsp3) is 0.562. The summed E-state index contributed by atoms with van der Waals surface area (Å²) in [6, 6.07) is 8.63. The predicted molar refractivity (Wildman–Crippen MR) is 82.9 cm³/mol. The topological polar surface area (TPSA) is 41.1 Å². The number of fused-ring (bicyclic) bond motifs is 1. The second-order valence-electron chi connectivity index (χ2n) is 6.01. The zero-order valence-electron chi connectivity index (χ0n) is 11.9. The van der Waals surface area contributed by atoms with Crippen LogP contribution in [0.3, 0.4) is 0 Å². The van der Waals surface area contributed by atoms with E-state index in [1.807, 2.05) is 11.8 Å². The van der Waals surface area contributed by atoms with E-state index in [2.05, 4.69) is 41.8 Å². The zero-order chi connectivity index (χ0) is 14.0. The predicted octanol–water partition coefficient (Wildman–Crippen LogP) is 2.73. The van der Waals surface area contributed by atoms with Crippen LogP contribution in [0.15, 0.2) is 29.2 Å². The van der Waals surface area contributed by atoms with Crippen LogP contribution in [-0.2, 0) is 4.79 Å². The van der Waals surface area contributed by atoms with E-state index in [4.69, 9.17) is 0 Å². The van der Waals surface area contributed by atoms with Gasteiger partial charge in [0.1, 0.15) is 0 Å². The van der Waals surface area contributed by atoms with Gasteiger partial charge in [-0.05, 0) is 44.0 Å². The van der Waals surface area contributed by atoms with E-state index in [1.54, 1.807) is 0 Å². The lowest BCUT2D eigenvalue weighted by Gasteiger charge is -2.35. The molecule has 0 radical (unpaired) electrons. The van der Waals surface area contributed by atoms with Crippen molar-refractivity contribution in [3.05, 3.63) is 29.8 Å². The molecule has 2 aliphatic heterocycles. The molecular formula is C16H22N2OS. The highest BCUT2D eigenvalue weighted by molar-refractivity contribution is 7.99. The Morgan fingerprint density at radius 1 is 1.35 bits per heavy atom. The molecule has 0 bridgehead atoms. The quantitative estimate of drug-likeness (QED) is 0.880. The molecule has 1 aromatic carbocycles. The van der Waals surface area contributed by atoms with Crippen molar-refractivity contribution in [2.75, 3.05) is 18.8 Å². The minimum absolute atomic E-state index is 0.187. The number of rotatable bonds is 2. The van der Waals surface area contributed by atoms with Crippen LogP contribution in [-0.4, -0.2) is 24.7 Å². The summed E-state index contributed by atoms with van der Waals surface area (Å²) >= 11 is 1.89. The van der Waals surface area contributed by atoms with Gasteiger partial charge in [0.05, 0.1) is 6.04 Å². The van der Waals surface area contributed by atoms with E-state index in [9.17, 15) is 4.79 Å². The zero-order valence-corrected chi connectivity index (χ0v) is 12.8. The molecule has 20 heavy (non-hydrogen) atoms. The first-order valence-electron chi connectivity index (χ1n) is 7.42. The minimum atomic E-state index is -0.204. The van der Waals surface area contributed by atoms with Gasteiger partial charge in [-0.25, -0.2) is 0 Å². The lowest BCUT2D eigenvalue weighted by atomic mass is 9.80. The van der Waals surface area contributed by atoms with Crippen LogP contribution in [0.1, 0.15) is 37.8 Å². The molecule has 1 atom stereocenters. The Kier molecular flexibility index (Phi) is 4.03. The van der Waals surface area contributed by atoms with Crippen molar-refractivity contribution in [1.29, 1.82) is 0 Å². The summed E-state index contributed by atoms with van der Waals surface area (Å²) in [7, 11) is 0. The number of carbonyl (C=O) groups excluding carboxylic acids is 1. The maximum Gasteiger partial charge on any atom is 0.226 e. The molecule has 1 aromatic rings. The highest BCUT2D eigenvalue weighted by Gasteiger charge is 2.36. The summed E-state index contributed by atoms with van der Waals surface area (Å²) in [6.45, 7) is 3.99. The van der Waals surface area contributed by atoms with Gasteiger partial charge < -0.3 is 10.6 Å². The Morgan fingerprint density at radius 3 is 2.90 bits per heavy atom. The van der Waals surface area contributed by atoms with Crippen LogP contribution in [0.25, 0.3) is 0 Å². The van der Waals surface area contributed by atoms with E-state index in [0.29, 0.717) is 0 Å². The van der Waals surface area contributed by atoms with Gasteiger partial charge in [0.15, 0.2) is 0 Å². The Labute approximate surface area is 124 Å². The van der Waals surface area contributed by atoms with Crippen molar-refractivity contribution >= 4 is 17.7 Å². The summed E-state index contributed by atoms with van der Waals surface area (Å²) in [4.78, 5) is 14.0. The number of thioether (sulfide) groups is 1. The number of hydrogen-bond donors (Lipinski definition) is 2. The van der Waals surface area contributed by atoms with Gasteiger partial charge in [0.25, 0.3) is 0 Å². The molecule has 1 amide bonds. The summed E-state index contributed by atoms with van der Waals surface area (Å²) < 4.78 is 0. The lowest BCUT2D eigenvalue weighted by molar-refractivity contribution is -0.132. The number of nitrogens with one attached hydrogen (secondary N) is 2. The van der Waals surface area contributed by atoms with Crippen molar-refractivity contribution in [3.63, 3.8) is 0 Å². The normalized spacial score (nSPS) is 24.8. The van der Waals surface area contributed by atoms with Crippen molar-refractivity contribution in [2.45, 2.75) is 37.1 Å². The van der Waals surface area contributed by atoms with Gasteiger partial charge in [-0.15, -0.1) is 11.8 Å². The largest absolute Gasteiger partial charge is 0.349 e. The van der Waals surface area contributed by atoms with Crippen molar-refractivity contribution in [3.8, 4) is 0 Å². The van der Waals surface area contributed by atoms with Gasteiger partial charge in [0, 0.05) is 16.1 Å². The Bertz CT molecular complexity index is 497. The van der Waals surface area contributed by atoms with Crippen LogP contribution in [0.2, 0.25) is 0 Å². The summed E-state index contributed by atoms with van der Waals surface area (Å²) in [5.74, 6) is 1.31. The minimum Gasteiger partial charge on any atom is -0.349 e. The van der Waals surface area contributed by atoms with Crippen molar-refractivity contribution < 1.29 is 4.79 Å². The first-order chi connectivity index (χ1) is 9.69. The van der Waals surface area contributed by atoms with E-state index in [1.165, 1.54) is 10.5 Å². The van der Waals surface area contributed by atoms with Gasteiger partial charge in [-0.2, -0.15) is 0 Å². The molecule has 3 rings (SSSR count). The average Bonchev–Trinajstić information content (AvgIpc) is 2.48. The number of benzene rings is 1. The van der Waals surface area contributed by atoms with Crippen molar-refractivity contribution in [2.24, 2.45) is 5.41 Å². The van der Waals surface area contributed by atoms with Gasteiger partial charge >= 0.3 is 0 Å². The molecule has 0 spiro atoms. The molecule has 1 unspecified atom stereocenters. The second-order valence-corrected chi connectivity index (χ2v) is 7.15. The number of carbonyl (C=O) groups is 1. The highest BCUT2D eigenvalue weighted by Crippen LogP contribution is 2.37. The maximum absolute atomic E-state index is 12.7. The summed E-state index contributed by atoms with van der Waals surface area (Å²) in [6.07, 6.45) is 2.89. The third kappa shape index (κ3) is 2.72. The van der Waals surface area contributed by atoms with Crippen LogP contribution in [0.5, 0.6) is 0 Å². The molecule has 3 nitrogen and oxygen atoms in total. The van der Waals surface area contributed by atoms with E-state index in [0.717, 1.165) is 38.1 Å². The molecule has 108 valence electrons. The summed E-state index contributed by atoms with van der Waals surface area (Å²) in [5.41, 5.74) is 1.08. The molecule has 2 N–H and O–H groups in total. The van der Waals surface area contributed by atoms with Gasteiger partial charge in [-0.1, -0.05) is 25.1 Å². The Balaban J connectivity index is 1.74. The van der Waals surface area contributed by atoms with Gasteiger partial charge in [-0.3, -0.25) is 4.79 Å². The summed E-state index contributed by atoms with van der Waals surface area (Å²) in [5, 5.41) is 6.64. The molecule has 2 heterocycles. The first-order valence-corrected chi connectivity index (χ1v) is 8.41. The van der Waals surface area contributed by atoms with Gasteiger partial charge in [0.2, 0.25) is 5.91 Å². The average molecular weight is 290 g/mol.